The third-order valence-corrected chi connectivity index (χ3v) is 5.38. The molecule has 2 aliphatic heterocycles. The zero-order valence-corrected chi connectivity index (χ0v) is 12.3. The van der Waals surface area contributed by atoms with E-state index >= 15 is 0 Å². The lowest BCUT2D eigenvalue weighted by Gasteiger charge is -2.32. The molecule has 0 bridgehead atoms. The molecular weight excluding hydrogens is 270 g/mol. The number of morpholine rings is 1. The van der Waals surface area contributed by atoms with Gasteiger partial charge in [0.2, 0.25) is 0 Å². The summed E-state index contributed by atoms with van der Waals surface area (Å²) in [6, 6.07) is 9.08. The van der Waals surface area contributed by atoms with Gasteiger partial charge in [0.1, 0.15) is 0 Å². The monoisotopic (exact) mass is 289 g/mol. The van der Waals surface area contributed by atoms with E-state index in [2.05, 4.69) is 34.1 Å². The number of anilines is 1. The van der Waals surface area contributed by atoms with E-state index in [1.807, 2.05) is 11.3 Å². The molecule has 0 N–H and O–H groups in total. The topological polar surface area (TPSA) is 28.6 Å². The maximum Gasteiger partial charge on any atom is 0.186 e. The molecule has 2 aliphatic rings. The van der Waals surface area contributed by atoms with E-state index in [9.17, 15) is 0 Å². The van der Waals surface area contributed by atoms with Gasteiger partial charge in [0.25, 0.3) is 0 Å². The Labute approximate surface area is 123 Å². The van der Waals surface area contributed by atoms with Gasteiger partial charge < -0.3 is 9.64 Å². The van der Waals surface area contributed by atoms with Gasteiger partial charge in [-0.1, -0.05) is 23.5 Å². The molecule has 106 valence electrons. The van der Waals surface area contributed by atoms with E-state index in [4.69, 9.17) is 9.72 Å². The standard InChI is InChI=1S/C15H19N3OS/c1-2-4-14-13(3-1)16-15(20-14)18-6-5-12(11-18)17-7-9-19-10-8-17/h1-4,12H,5-11H2/t12-/m0/s1. The van der Waals surface area contributed by atoms with Gasteiger partial charge in [0.05, 0.1) is 23.4 Å². The average molecular weight is 289 g/mol. The first-order valence-electron chi connectivity index (χ1n) is 7.32. The van der Waals surface area contributed by atoms with Gasteiger partial charge in [0.15, 0.2) is 5.13 Å². The normalized spacial score (nSPS) is 24.6. The Balaban J connectivity index is 1.49. The van der Waals surface area contributed by atoms with E-state index in [1.54, 1.807) is 0 Å². The average Bonchev–Trinajstić information content (AvgIpc) is 3.14. The van der Waals surface area contributed by atoms with E-state index in [1.165, 1.54) is 16.3 Å². The summed E-state index contributed by atoms with van der Waals surface area (Å²) in [5.74, 6) is 0. The first-order chi connectivity index (χ1) is 9.90. The van der Waals surface area contributed by atoms with Crippen LogP contribution < -0.4 is 4.90 Å². The van der Waals surface area contributed by atoms with Gasteiger partial charge >= 0.3 is 0 Å². The zero-order valence-electron chi connectivity index (χ0n) is 11.5. The second kappa shape index (κ2) is 5.31. The van der Waals surface area contributed by atoms with E-state index in [0.29, 0.717) is 6.04 Å². The van der Waals surface area contributed by atoms with Crippen LogP contribution in [-0.4, -0.2) is 55.3 Å². The van der Waals surface area contributed by atoms with Crippen LogP contribution in [-0.2, 0) is 4.74 Å². The summed E-state index contributed by atoms with van der Waals surface area (Å²) in [7, 11) is 0. The van der Waals surface area contributed by atoms with Crippen LogP contribution in [0.2, 0.25) is 0 Å². The highest BCUT2D eigenvalue weighted by Gasteiger charge is 2.30. The molecular formula is C15H19N3OS. The number of fused-ring (bicyclic) bond motifs is 1. The number of thiazole rings is 1. The minimum absolute atomic E-state index is 0.672. The number of hydrogen-bond acceptors (Lipinski definition) is 5. The Bertz CT molecular complexity index is 561. The van der Waals surface area contributed by atoms with Gasteiger partial charge in [0, 0.05) is 32.2 Å². The maximum absolute atomic E-state index is 5.45. The summed E-state index contributed by atoms with van der Waals surface area (Å²) in [5.41, 5.74) is 1.13. The Morgan fingerprint density at radius 3 is 2.85 bits per heavy atom. The molecule has 2 fully saturated rings. The van der Waals surface area contributed by atoms with Crippen LogP contribution in [0.25, 0.3) is 10.2 Å². The Morgan fingerprint density at radius 1 is 1.15 bits per heavy atom. The number of ether oxygens (including phenoxy) is 1. The van der Waals surface area contributed by atoms with Gasteiger partial charge in [-0.3, -0.25) is 4.90 Å². The van der Waals surface area contributed by atoms with Crippen molar-refractivity contribution in [1.82, 2.24) is 9.88 Å². The second-order valence-electron chi connectivity index (χ2n) is 5.50. The van der Waals surface area contributed by atoms with Crippen LogP contribution in [0.15, 0.2) is 24.3 Å². The zero-order chi connectivity index (χ0) is 13.4. The fourth-order valence-electron chi connectivity index (χ4n) is 3.15. The quantitative estimate of drug-likeness (QED) is 0.847. The number of rotatable bonds is 2. The number of hydrogen-bond donors (Lipinski definition) is 0. The van der Waals surface area contributed by atoms with Crippen molar-refractivity contribution in [1.29, 1.82) is 0 Å². The molecule has 1 aromatic heterocycles. The number of nitrogens with zero attached hydrogens (tertiary/aromatic N) is 3. The molecule has 20 heavy (non-hydrogen) atoms. The number of aromatic nitrogens is 1. The largest absolute Gasteiger partial charge is 0.379 e. The third-order valence-electron chi connectivity index (χ3n) is 4.28. The molecule has 2 aromatic rings. The van der Waals surface area contributed by atoms with Crippen LogP contribution in [0.4, 0.5) is 5.13 Å². The molecule has 0 saturated carbocycles. The molecule has 4 nitrogen and oxygen atoms in total. The summed E-state index contributed by atoms with van der Waals surface area (Å²) < 4.78 is 6.73. The van der Waals surface area contributed by atoms with Crippen molar-refractivity contribution in [3.05, 3.63) is 24.3 Å². The fourth-order valence-corrected chi connectivity index (χ4v) is 4.15. The molecule has 3 heterocycles. The lowest BCUT2D eigenvalue weighted by molar-refractivity contribution is 0.0209. The first-order valence-corrected chi connectivity index (χ1v) is 8.14. The maximum atomic E-state index is 5.45. The van der Waals surface area contributed by atoms with Crippen molar-refractivity contribution >= 4 is 26.7 Å². The molecule has 2 saturated heterocycles. The summed E-state index contributed by atoms with van der Waals surface area (Å²) in [6.45, 7) is 6.17. The van der Waals surface area contributed by atoms with Crippen LogP contribution in [0.3, 0.4) is 0 Å². The highest BCUT2D eigenvalue weighted by Crippen LogP contribution is 2.31. The summed E-state index contributed by atoms with van der Waals surface area (Å²) >= 11 is 1.81. The highest BCUT2D eigenvalue weighted by atomic mass is 32.1. The summed E-state index contributed by atoms with van der Waals surface area (Å²) in [4.78, 5) is 9.80. The van der Waals surface area contributed by atoms with E-state index in [-0.39, 0.29) is 0 Å². The van der Waals surface area contributed by atoms with Crippen molar-refractivity contribution in [2.75, 3.05) is 44.3 Å². The molecule has 4 rings (SSSR count). The van der Waals surface area contributed by atoms with Gasteiger partial charge in [-0.05, 0) is 18.6 Å². The van der Waals surface area contributed by atoms with Gasteiger partial charge in [-0.25, -0.2) is 4.98 Å². The van der Waals surface area contributed by atoms with E-state index < -0.39 is 0 Å². The lowest BCUT2D eigenvalue weighted by atomic mass is 10.2. The van der Waals surface area contributed by atoms with Crippen molar-refractivity contribution in [2.45, 2.75) is 12.5 Å². The molecule has 0 unspecified atom stereocenters. The number of para-hydroxylation sites is 1. The molecule has 0 radical (unpaired) electrons. The van der Waals surface area contributed by atoms with Crippen LogP contribution >= 0.6 is 11.3 Å². The van der Waals surface area contributed by atoms with Crippen LogP contribution in [0, 0.1) is 0 Å². The Morgan fingerprint density at radius 2 is 2.00 bits per heavy atom. The van der Waals surface area contributed by atoms with Gasteiger partial charge in [-0.15, -0.1) is 0 Å². The molecule has 0 aliphatic carbocycles. The van der Waals surface area contributed by atoms with Crippen molar-refractivity contribution in [2.24, 2.45) is 0 Å². The van der Waals surface area contributed by atoms with Gasteiger partial charge in [-0.2, -0.15) is 0 Å². The molecule has 0 amide bonds. The number of benzene rings is 1. The Hall–Kier alpha value is -1.17. The minimum atomic E-state index is 0.672. The lowest BCUT2D eigenvalue weighted by Crippen LogP contribution is -2.44. The van der Waals surface area contributed by atoms with Crippen LogP contribution in [0.5, 0.6) is 0 Å². The smallest absolute Gasteiger partial charge is 0.186 e. The molecule has 1 aromatic carbocycles. The SMILES string of the molecule is c1ccc2sc(N3CC[C@H](N4CCOCC4)C3)nc2c1. The predicted octanol–water partition coefficient (Wildman–Crippen LogP) is 2.21. The Kier molecular flexibility index (Phi) is 3.34. The first kappa shape index (κ1) is 12.6. The second-order valence-corrected chi connectivity index (χ2v) is 6.51. The molecule has 5 heteroatoms. The highest BCUT2D eigenvalue weighted by molar-refractivity contribution is 7.22. The predicted molar refractivity (Wildman–Crippen MR) is 82.6 cm³/mol. The summed E-state index contributed by atoms with van der Waals surface area (Å²) in [5, 5.41) is 1.18. The fraction of sp³-hybridized carbons (Fsp3) is 0.533. The third kappa shape index (κ3) is 2.30. The molecule has 1 atom stereocenters. The van der Waals surface area contributed by atoms with Crippen molar-refractivity contribution in [3.8, 4) is 0 Å². The molecule has 0 spiro atoms. The minimum Gasteiger partial charge on any atom is -0.379 e. The summed E-state index contributed by atoms with van der Waals surface area (Å²) in [6.07, 6.45) is 1.25. The van der Waals surface area contributed by atoms with Crippen molar-refractivity contribution < 1.29 is 4.74 Å². The van der Waals surface area contributed by atoms with Crippen LogP contribution in [0.1, 0.15) is 6.42 Å². The van der Waals surface area contributed by atoms with Crippen molar-refractivity contribution in [3.63, 3.8) is 0 Å². The van der Waals surface area contributed by atoms with E-state index in [0.717, 1.165) is 44.9 Å².